The second-order valence-corrected chi connectivity index (χ2v) is 4.76. The molecule has 98 valence electrons. The molecule has 0 atom stereocenters. The first-order chi connectivity index (χ1) is 8.95. The third kappa shape index (κ3) is 5.03. The number of hydrogen-bond donors (Lipinski definition) is 0. The molecule has 0 amide bonds. The highest BCUT2D eigenvalue weighted by atomic mass is 16.5. The van der Waals surface area contributed by atoms with Crippen LogP contribution in [0.25, 0.3) is 0 Å². The maximum Gasteiger partial charge on any atom is 0.0721 e. The van der Waals surface area contributed by atoms with Crippen LogP contribution in [0.15, 0.2) is 42.5 Å². The minimum absolute atomic E-state index is 0.697. The van der Waals surface area contributed by atoms with Crippen LogP contribution < -0.4 is 0 Å². The lowest BCUT2D eigenvalue weighted by Crippen LogP contribution is -2.14. The Bertz CT molecular complexity index is 339. The molecule has 0 bridgehead atoms. The van der Waals surface area contributed by atoms with Crippen molar-refractivity contribution in [1.82, 2.24) is 0 Å². The van der Waals surface area contributed by atoms with Gasteiger partial charge in [0.2, 0.25) is 0 Å². The van der Waals surface area contributed by atoms with Gasteiger partial charge in [0.1, 0.15) is 0 Å². The fraction of sp³-hybridized carbons (Fsp3) is 0.500. The predicted molar refractivity (Wildman–Crippen MR) is 73.4 cm³/mol. The smallest absolute Gasteiger partial charge is 0.0721 e. The molecule has 0 aromatic heterocycles. The summed E-state index contributed by atoms with van der Waals surface area (Å²) < 4.78 is 10.9. The van der Waals surface area contributed by atoms with Crippen LogP contribution in [0, 0.1) is 5.92 Å². The van der Waals surface area contributed by atoms with Crippen LogP contribution in [0.3, 0.4) is 0 Å². The summed E-state index contributed by atoms with van der Waals surface area (Å²) in [5.74, 6) is 0.809. The SMILES string of the molecule is C(=C/CC1CCOCC1)/COCc1ccccc1. The molecule has 1 saturated heterocycles. The van der Waals surface area contributed by atoms with Crippen LogP contribution >= 0.6 is 0 Å². The minimum Gasteiger partial charge on any atom is -0.381 e. The summed E-state index contributed by atoms with van der Waals surface area (Å²) in [4.78, 5) is 0. The van der Waals surface area contributed by atoms with Crippen molar-refractivity contribution in [1.29, 1.82) is 0 Å². The van der Waals surface area contributed by atoms with E-state index in [0.29, 0.717) is 13.2 Å². The van der Waals surface area contributed by atoms with Gasteiger partial charge in [-0.2, -0.15) is 0 Å². The van der Waals surface area contributed by atoms with Gasteiger partial charge in [0.15, 0.2) is 0 Å². The number of rotatable bonds is 6. The van der Waals surface area contributed by atoms with Gasteiger partial charge in [-0.15, -0.1) is 0 Å². The van der Waals surface area contributed by atoms with Crippen LogP contribution in [0.5, 0.6) is 0 Å². The molecule has 1 aromatic rings. The van der Waals surface area contributed by atoms with Crippen LogP contribution in [0.1, 0.15) is 24.8 Å². The van der Waals surface area contributed by atoms with Crippen molar-refractivity contribution < 1.29 is 9.47 Å². The maximum absolute atomic E-state index is 5.60. The normalized spacial score (nSPS) is 17.3. The van der Waals surface area contributed by atoms with Gasteiger partial charge in [-0.1, -0.05) is 42.5 Å². The van der Waals surface area contributed by atoms with Crippen molar-refractivity contribution >= 4 is 0 Å². The fourth-order valence-electron chi connectivity index (χ4n) is 2.16. The molecule has 1 aliphatic rings. The number of hydrogen-bond acceptors (Lipinski definition) is 2. The zero-order valence-corrected chi connectivity index (χ0v) is 10.9. The Kier molecular flexibility index (Phi) is 5.97. The Balaban J connectivity index is 1.55. The van der Waals surface area contributed by atoms with Crippen LogP contribution in [0.4, 0.5) is 0 Å². The van der Waals surface area contributed by atoms with Crippen molar-refractivity contribution in [3.05, 3.63) is 48.0 Å². The number of benzene rings is 1. The Morgan fingerprint density at radius 1 is 1.11 bits per heavy atom. The standard InChI is InChI=1S/C16H22O2/c1-2-7-16(8-3-1)14-18-11-5-4-6-15-9-12-17-13-10-15/h1-5,7-8,15H,6,9-14H2/b5-4-. The van der Waals surface area contributed by atoms with E-state index >= 15 is 0 Å². The lowest BCUT2D eigenvalue weighted by atomic mass is 9.96. The van der Waals surface area contributed by atoms with E-state index < -0.39 is 0 Å². The van der Waals surface area contributed by atoms with Gasteiger partial charge in [-0.05, 0) is 30.7 Å². The van der Waals surface area contributed by atoms with Gasteiger partial charge < -0.3 is 9.47 Å². The molecule has 1 aliphatic heterocycles. The molecule has 0 radical (unpaired) electrons. The van der Waals surface area contributed by atoms with E-state index in [-0.39, 0.29) is 0 Å². The topological polar surface area (TPSA) is 18.5 Å². The third-order valence-electron chi connectivity index (χ3n) is 3.30. The first-order valence-electron chi connectivity index (χ1n) is 6.79. The van der Waals surface area contributed by atoms with Crippen LogP contribution in [0.2, 0.25) is 0 Å². The van der Waals surface area contributed by atoms with E-state index in [2.05, 4.69) is 24.3 Å². The molecule has 0 N–H and O–H groups in total. The van der Waals surface area contributed by atoms with Gasteiger partial charge in [0, 0.05) is 13.2 Å². The van der Waals surface area contributed by atoms with Crippen molar-refractivity contribution in [3.63, 3.8) is 0 Å². The van der Waals surface area contributed by atoms with Crippen molar-refractivity contribution in [2.75, 3.05) is 19.8 Å². The van der Waals surface area contributed by atoms with Gasteiger partial charge in [-0.3, -0.25) is 0 Å². The zero-order valence-electron chi connectivity index (χ0n) is 10.9. The molecule has 1 fully saturated rings. The van der Waals surface area contributed by atoms with Gasteiger partial charge >= 0.3 is 0 Å². The lowest BCUT2D eigenvalue weighted by Gasteiger charge is -2.20. The molecule has 0 saturated carbocycles. The van der Waals surface area contributed by atoms with E-state index in [9.17, 15) is 0 Å². The van der Waals surface area contributed by atoms with Gasteiger partial charge in [0.25, 0.3) is 0 Å². The Labute approximate surface area is 110 Å². The summed E-state index contributed by atoms with van der Waals surface area (Å²) in [6.07, 6.45) is 7.96. The zero-order chi connectivity index (χ0) is 12.5. The van der Waals surface area contributed by atoms with Crippen molar-refractivity contribution in [2.45, 2.75) is 25.9 Å². The van der Waals surface area contributed by atoms with E-state index in [1.54, 1.807) is 0 Å². The first-order valence-corrected chi connectivity index (χ1v) is 6.79. The molecule has 1 aromatic carbocycles. The summed E-state index contributed by atoms with van der Waals surface area (Å²) >= 11 is 0. The largest absolute Gasteiger partial charge is 0.381 e. The van der Waals surface area contributed by atoms with E-state index in [1.165, 1.54) is 18.4 Å². The van der Waals surface area contributed by atoms with Crippen LogP contribution in [-0.2, 0) is 16.1 Å². The molecule has 2 heteroatoms. The predicted octanol–water partition coefficient (Wildman–Crippen LogP) is 3.58. The summed E-state index contributed by atoms with van der Waals surface area (Å²) in [7, 11) is 0. The second-order valence-electron chi connectivity index (χ2n) is 4.76. The van der Waals surface area contributed by atoms with E-state index in [4.69, 9.17) is 9.47 Å². The molecular formula is C16H22O2. The number of ether oxygens (including phenoxy) is 2. The summed E-state index contributed by atoms with van der Waals surface area (Å²) in [5.41, 5.74) is 1.23. The fourth-order valence-corrected chi connectivity index (χ4v) is 2.16. The van der Waals surface area contributed by atoms with E-state index in [1.807, 2.05) is 18.2 Å². The van der Waals surface area contributed by atoms with Crippen LogP contribution in [-0.4, -0.2) is 19.8 Å². The van der Waals surface area contributed by atoms with Crippen molar-refractivity contribution in [2.24, 2.45) is 5.92 Å². The van der Waals surface area contributed by atoms with Gasteiger partial charge in [0.05, 0.1) is 13.2 Å². The average Bonchev–Trinajstić information content (AvgIpc) is 2.45. The lowest BCUT2D eigenvalue weighted by molar-refractivity contribution is 0.0672. The highest BCUT2D eigenvalue weighted by molar-refractivity contribution is 5.13. The Morgan fingerprint density at radius 3 is 2.67 bits per heavy atom. The molecule has 0 spiro atoms. The Morgan fingerprint density at radius 2 is 1.89 bits per heavy atom. The second kappa shape index (κ2) is 8.06. The quantitative estimate of drug-likeness (QED) is 0.564. The third-order valence-corrected chi connectivity index (χ3v) is 3.30. The molecule has 18 heavy (non-hydrogen) atoms. The van der Waals surface area contributed by atoms with Gasteiger partial charge in [-0.25, -0.2) is 0 Å². The summed E-state index contributed by atoms with van der Waals surface area (Å²) in [6.45, 7) is 3.27. The molecule has 1 heterocycles. The molecule has 0 aliphatic carbocycles. The maximum atomic E-state index is 5.60. The average molecular weight is 246 g/mol. The van der Waals surface area contributed by atoms with Crippen molar-refractivity contribution in [3.8, 4) is 0 Å². The Hall–Kier alpha value is -1.12. The summed E-state index contributed by atoms with van der Waals surface area (Å²) in [5, 5.41) is 0. The highest BCUT2D eigenvalue weighted by Crippen LogP contribution is 2.18. The first kappa shape index (κ1) is 13.3. The summed E-state index contributed by atoms with van der Waals surface area (Å²) in [6, 6.07) is 10.3. The minimum atomic E-state index is 0.697. The molecule has 0 unspecified atom stereocenters. The molecule has 2 nitrogen and oxygen atoms in total. The molecular weight excluding hydrogens is 224 g/mol. The highest BCUT2D eigenvalue weighted by Gasteiger charge is 2.11. The molecule has 2 rings (SSSR count). The number of allylic oxidation sites excluding steroid dienone is 1. The monoisotopic (exact) mass is 246 g/mol. The van der Waals surface area contributed by atoms with E-state index in [0.717, 1.165) is 25.6 Å².